The fraction of sp³-hybridized carbons (Fsp3) is 0.222. The number of cyclic esters (lactones) is 1. The molecule has 1 saturated heterocycles. The van der Waals surface area contributed by atoms with Crippen molar-refractivity contribution in [2.75, 3.05) is 31.2 Å². The van der Waals surface area contributed by atoms with Gasteiger partial charge in [-0.1, -0.05) is 6.07 Å². The minimum Gasteiger partial charge on any atom is -0.402 e. The summed E-state index contributed by atoms with van der Waals surface area (Å²) in [5.41, 5.74) is 0.659. The molecular formula is C18H15FN2O3S. The Morgan fingerprint density at radius 1 is 1.20 bits per heavy atom. The third kappa shape index (κ3) is 3.47. The summed E-state index contributed by atoms with van der Waals surface area (Å²) in [6.07, 6.45) is 1.70. The van der Waals surface area contributed by atoms with Crippen LogP contribution in [0.5, 0.6) is 0 Å². The van der Waals surface area contributed by atoms with Gasteiger partial charge in [0.15, 0.2) is 5.70 Å². The van der Waals surface area contributed by atoms with Crippen molar-refractivity contribution in [1.29, 1.82) is 0 Å². The van der Waals surface area contributed by atoms with Crippen molar-refractivity contribution in [3.8, 4) is 0 Å². The molecule has 0 unspecified atom stereocenters. The predicted molar refractivity (Wildman–Crippen MR) is 94.4 cm³/mol. The normalized spacial score (nSPS) is 19.2. The zero-order valence-corrected chi connectivity index (χ0v) is 14.1. The van der Waals surface area contributed by atoms with E-state index < -0.39 is 11.8 Å². The maximum Gasteiger partial charge on any atom is 0.363 e. The van der Waals surface area contributed by atoms with E-state index in [9.17, 15) is 9.18 Å². The highest BCUT2D eigenvalue weighted by Gasteiger charge is 2.24. The number of carbonyl (C=O) groups excluding carboxylic acids is 1. The van der Waals surface area contributed by atoms with E-state index in [0.717, 1.165) is 36.2 Å². The minimum absolute atomic E-state index is 0.126. The maximum atomic E-state index is 13.3. The highest BCUT2D eigenvalue weighted by atomic mass is 32.1. The Labute approximate surface area is 148 Å². The van der Waals surface area contributed by atoms with Crippen LogP contribution in [0.4, 0.5) is 9.39 Å². The van der Waals surface area contributed by atoms with Crippen molar-refractivity contribution in [2.24, 2.45) is 4.99 Å². The number of rotatable bonds is 3. The summed E-state index contributed by atoms with van der Waals surface area (Å²) in [6.45, 7) is 3.17. The third-order valence-electron chi connectivity index (χ3n) is 3.91. The zero-order chi connectivity index (χ0) is 17.2. The van der Waals surface area contributed by atoms with Crippen molar-refractivity contribution in [2.45, 2.75) is 0 Å². The quantitative estimate of drug-likeness (QED) is 0.625. The molecule has 25 heavy (non-hydrogen) atoms. The van der Waals surface area contributed by atoms with Crippen LogP contribution >= 0.6 is 11.3 Å². The van der Waals surface area contributed by atoms with Crippen LogP contribution in [0, 0.1) is 5.82 Å². The SMILES string of the molecule is O=C1OC(c2cccc(F)c2)=N/C1=C/c1ccc(N2CCOCC2)s1. The number of esters is 1. The number of nitrogens with zero attached hydrogens (tertiary/aromatic N) is 2. The second kappa shape index (κ2) is 6.78. The summed E-state index contributed by atoms with van der Waals surface area (Å²) in [5, 5.41) is 1.14. The molecule has 1 aromatic carbocycles. The van der Waals surface area contributed by atoms with Gasteiger partial charge in [0.05, 0.1) is 18.2 Å². The predicted octanol–water partition coefficient (Wildman–Crippen LogP) is 3.07. The number of halogens is 1. The lowest BCUT2D eigenvalue weighted by Crippen LogP contribution is -2.35. The molecule has 1 fully saturated rings. The minimum atomic E-state index is -0.527. The molecule has 0 spiro atoms. The van der Waals surface area contributed by atoms with Gasteiger partial charge in [-0.15, -0.1) is 11.3 Å². The van der Waals surface area contributed by atoms with Crippen LogP contribution in [0.2, 0.25) is 0 Å². The average Bonchev–Trinajstić information content (AvgIpc) is 3.24. The second-order valence-electron chi connectivity index (χ2n) is 5.62. The topological polar surface area (TPSA) is 51.1 Å². The fourth-order valence-corrected chi connectivity index (χ4v) is 3.66. The van der Waals surface area contributed by atoms with Gasteiger partial charge in [-0.25, -0.2) is 14.2 Å². The number of anilines is 1. The molecule has 0 radical (unpaired) electrons. The molecule has 0 saturated carbocycles. The molecule has 1 aromatic heterocycles. The van der Waals surface area contributed by atoms with Crippen molar-refractivity contribution >= 4 is 34.3 Å². The van der Waals surface area contributed by atoms with E-state index in [1.165, 1.54) is 12.1 Å². The fourth-order valence-electron chi connectivity index (χ4n) is 2.66. The highest BCUT2D eigenvalue weighted by Crippen LogP contribution is 2.29. The average molecular weight is 358 g/mol. The summed E-state index contributed by atoms with van der Waals surface area (Å²) < 4.78 is 23.8. The van der Waals surface area contributed by atoms with E-state index in [2.05, 4.69) is 9.89 Å². The number of benzene rings is 1. The summed E-state index contributed by atoms with van der Waals surface area (Å²) in [4.78, 5) is 19.4. The smallest absolute Gasteiger partial charge is 0.363 e. The van der Waals surface area contributed by atoms with E-state index in [1.807, 2.05) is 12.1 Å². The number of hydrogen-bond donors (Lipinski definition) is 0. The number of carbonyl (C=O) groups is 1. The van der Waals surface area contributed by atoms with Crippen molar-refractivity contribution in [3.05, 3.63) is 58.4 Å². The summed E-state index contributed by atoms with van der Waals surface area (Å²) in [7, 11) is 0. The van der Waals surface area contributed by atoms with Gasteiger partial charge in [0.25, 0.3) is 0 Å². The Balaban J connectivity index is 1.56. The van der Waals surface area contributed by atoms with Gasteiger partial charge in [-0.3, -0.25) is 0 Å². The number of ether oxygens (including phenoxy) is 2. The number of morpholine rings is 1. The van der Waals surface area contributed by atoms with Gasteiger partial charge in [0.2, 0.25) is 5.90 Å². The third-order valence-corrected chi connectivity index (χ3v) is 5.00. The molecule has 2 aliphatic heterocycles. The van der Waals surface area contributed by atoms with E-state index in [-0.39, 0.29) is 11.6 Å². The van der Waals surface area contributed by atoms with Gasteiger partial charge >= 0.3 is 5.97 Å². The van der Waals surface area contributed by atoms with Crippen LogP contribution < -0.4 is 4.90 Å². The zero-order valence-electron chi connectivity index (χ0n) is 13.3. The molecule has 0 atom stereocenters. The lowest BCUT2D eigenvalue weighted by molar-refractivity contribution is -0.129. The molecule has 2 aromatic rings. The summed E-state index contributed by atoms with van der Waals surface area (Å²) >= 11 is 1.58. The molecule has 5 nitrogen and oxygen atoms in total. The van der Waals surface area contributed by atoms with Crippen molar-refractivity contribution in [3.63, 3.8) is 0 Å². The first-order chi connectivity index (χ1) is 12.2. The summed E-state index contributed by atoms with van der Waals surface area (Å²) in [5.74, 6) is -0.802. The number of thiophene rings is 1. The molecule has 4 rings (SSSR count). The maximum absolute atomic E-state index is 13.3. The Morgan fingerprint density at radius 3 is 2.84 bits per heavy atom. The number of hydrogen-bond acceptors (Lipinski definition) is 6. The monoisotopic (exact) mass is 358 g/mol. The first-order valence-electron chi connectivity index (χ1n) is 7.90. The van der Waals surface area contributed by atoms with Crippen LogP contribution in [-0.2, 0) is 14.3 Å². The molecule has 0 amide bonds. The Morgan fingerprint density at radius 2 is 2.04 bits per heavy atom. The lowest BCUT2D eigenvalue weighted by Gasteiger charge is -2.27. The van der Waals surface area contributed by atoms with Gasteiger partial charge in [0, 0.05) is 23.5 Å². The van der Waals surface area contributed by atoms with Gasteiger partial charge in [0.1, 0.15) is 5.82 Å². The molecule has 0 bridgehead atoms. The Hall–Kier alpha value is -2.51. The van der Waals surface area contributed by atoms with E-state index >= 15 is 0 Å². The molecule has 7 heteroatoms. The first kappa shape index (κ1) is 16.0. The van der Waals surface area contributed by atoms with Crippen molar-refractivity contribution in [1.82, 2.24) is 0 Å². The lowest BCUT2D eigenvalue weighted by atomic mass is 10.2. The van der Waals surface area contributed by atoms with E-state index in [0.29, 0.717) is 5.56 Å². The molecule has 128 valence electrons. The van der Waals surface area contributed by atoms with E-state index in [4.69, 9.17) is 9.47 Å². The second-order valence-corrected chi connectivity index (χ2v) is 6.72. The van der Waals surface area contributed by atoms with Crippen LogP contribution in [0.3, 0.4) is 0 Å². The van der Waals surface area contributed by atoms with Gasteiger partial charge in [-0.2, -0.15) is 0 Å². The molecular weight excluding hydrogens is 343 g/mol. The number of aliphatic imine (C=N–C) groups is 1. The molecule has 0 aliphatic carbocycles. The standard InChI is InChI=1S/C18H15FN2O3S/c19-13-3-1-2-12(10-13)17-20-15(18(22)24-17)11-14-4-5-16(25-14)21-6-8-23-9-7-21/h1-5,10-11H,6-9H2/b15-11+. The van der Waals surface area contributed by atoms with Gasteiger partial charge < -0.3 is 14.4 Å². The van der Waals surface area contributed by atoms with Crippen molar-refractivity contribution < 1.29 is 18.7 Å². The van der Waals surface area contributed by atoms with E-state index in [1.54, 1.807) is 29.5 Å². The first-order valence-corrected chi connectivity index (χ1v) is 8.72. The molecule has 0 N–H and O–H groups in total. The molecule has 2 aliphatic rings. The van der Waals surface area contributed by atoms with Gasteiger partial charge in [-0.05, 0) is 36.4 Å². The van der Waals surface area contributed by atoms with Crippen LogP contribution in [0.15, 0.2) is 47.1 Å². The van der Waals surface area contributed by atoms with Crippen LogP contribution in [0.25, 0.3) is 6.08 Å². The molecule has 3 heterocycles. The van der Waals surface area contributed by atoms with Crippen LogP contribution in [-0.4, -0.2) is 38.2 Å². The summed E-state index contributed by atoms with van der Waals surface area (Å²) in [6, 6.07) is 9.80. The van der Waals surface area contributed by atoms with Crippen LogP contribution in [0.1, 0.15) is 10.4 Å². The Kier molecular flexibility index (Phi) is 4.33. The largest absolute Gasteiger partial charge is 0.402 e. The highest BCUT2D eigenvalue weighted by molar-refractivity contribution is 7.16. The Bertz CT molecular complexity index is 869.